The van der Waals surface area contributed by atoms with Gasteiger partial charge in [-0.2, -0.15) is 0 Å². The second-order valence-electron chi connectivity index (χ2n) is 7.74. The Morgan fingerprint density at radius 2 is 1.61 bits per heavy atom. The van der Waals surface area contributed by atoms with Crippen molar-refractivity contribution in [3.63, 3.8) is 0 Å². The summed E-state index contributed by atoms with van der Waals surface area (Å²) in [7, 11) is 4.98. The molecule has 0 fully saturated rings. The van der Waals surface area contributed by atoms with E-state index in [2.05, 4.69) is 9.88 Å². The van der Waals surface area contributed by atoms with Crippen LogP contribution in [0.4, 0.5) is 4.39 Å². The highest BCUT2D eigenvalue weighted by molar-refractivity contribution is 5.71. The molecule has 0 aliphatic heterocycles. The molecule has 0 aliphatic carbocycles. The van der Waals surface area contributed by atoms with E-state index in [-0.39, 0.29) is 17.9 Å². The zero-order valence-electron chi connectivity index (χ0n) is 17.7. The molecule has 0 amide bonds. The van der Waals surface area contributed by atoms with Crippen molar-refractivity contribution in [1.82, 2.24) is 23.6 Å². The van der Waals surface area contributed by atoms with Crippen LogP contribution in [0.1, 0.15) is 17.0 Å². The molecule has 4 aromatic rings. The van der Waals surface area contributed by atoms with Gasteiger partial charge in [0.15, 0.2) is 11.2 Å². The number of aryl methyl sites for hydroxylation is 1. The first kappa shape index (κ1) is 20.7. The summed E-state index contributed by atoms with van der Waals surface area (Å²) in [6.45, 7) is 1.25. The van der Waals surface area contributed by atoms with E-state index in [0.717, 1.165) is 10.1 Å². The van der Waals surface area contributed by atoms with Gasteiger partial charge >= 0.3 is 5.69 Å². The molecule has 7 nitrogen and oxygen atoms in total. The average molecular weight is 421 g/mol. The van der Waals surface area contributed by atoms with Crippen molar-refractivity contribution in [3.05, 3.63) is 98.2 Å². The van der Waals surface area contributed by atoms with Crippen LogP contribution in [0.2, 0.25) is 0 Å². The lowest BCUT2D eigenvalue weighted by Gasteiger charge is -2.18. The summed E-state index contributed by atoms with van der Waals surface area (Å²) < 4.78 is 18.5. The Labute approximate surface area is 178 Å². The molecule has 8 heteroatoms. The summed E-state index contributed by atoms with van der Waals surface area (Å²) >= 11 is 0. The number of fused-ring (bicyclic) bond motifs is 1. The maximum absolute atomic E-state index is 14.4. The fourth-order valence-electron chi connectivity index (χ4n) is 3.77. The minimum absolute atomic E-state index is 0.144. The molecular weight excluding hydrogens is 397 g/mol. The quantitative estimate of drug-likeness (QED) is 0.479. The maximum Gasteiger partial charge on any atom is 0.332 e. The predicted molar refractivity (Wildman–Crippen MR) is 117 cm³/mol. The molecule has 0 N–H and O–H groups in total. The molecule has 4 rings (SSSR count). The summed E-state index contributed by atoms with van der Waals surface area (Å²) in [4.78, 5) is 32.1. The van der Waals surface area contributed by atoms with E-state index in [4.69, 9.17) is 0 Å². The van der Waals surface area contributed by atoms with Crippen molar-refractivity contribution >= 4 is 11.2 Å². The van der Waals surface area contributed by atoms with Gasteiger partial charge in [0.05, 0.1) is 13.1 Å². The minimum Gasteiger partial charge on any atom is -0.316 e. The Morgan fingerprint density at radius 1 is 0.935 bits per heavy atom. The first-order valence-electron chi connectivity index (χ1n) is 9.98. The van der Waals surface area contributed by atoms with E-state index in [1.165, 1.54) is 17.7 Å². The smallest absolute Gasteiger partial charge is 0.316 e. The molecule has 2 aromatic heterocycles. The van der Waals surface area contributed by atoms with Gasteiger partial charge < -0.3 is 4.57 Å². The first-order valence-corrected chi connectivity index (χ1v) is 9.98. The number of hydrogen-bond donors (Lipinski definition) is 0. The standard InChI is InChI=1S/C23H24FN5O2/c1-26(13-16-9-5-4-6-10-16)15-19-25-21-20(22(30)28(3)23(31)27(21)2)29(19)14-17-11-7-8-12-18(17)24/h4-12H,13-15H2,1-3H3. The van der Waals surface area contributed by atoms with Crippen LogP contribution in [0.25, 0.3) is 11.2 Å². The second-order valence-corrected chi connectivity index (χ2v) is 7.74. The average Bonchev–Trinajstić information content (AvgIpc) is 3.11. The SMILES string of the molecule is CN(Cc1ccccc1)Cc1nc2c(c(=O)n(C)c(=O)n2C)n1Cc1ccccc1F. The highest BCUT2D eigenvalue weighted by Crippen LogP contribution is 2.18. The monoisotopic (exact) mass is 421 g/mol. The third kappa shape index (κ3) is 3.94. The van der Waals surface area contributed by atoms with E-state index in [1.54, 1.807) is 29.8 Å². The molecule has 0 saturated carbocycles. The Morgan fingerprint density at radius 3 is 2.32 bits per heavy atom. The van der Waals surface area contributed by atoms with Crippen LogP contribution in [0, 0.1) is 5.82 Å². The highest BCUT2D eigenvalue weighted by Gasteiger charge is 2.21. The first-order chi connectivity index (χ1) is 14.9. The lowest BCUT2D eigenvalue weighted by atomic mass is 10.2. The third-order valence-corrected chi connectivity index (χ3v) is 5.42. The fourth-order valence-corrected chi connectivity index (χ4v) is 3.77. The van der Waals surface area contributed by atoms with Crippen molar-refractivity contribution in [3.8, 4) is 0 Å². The van der Waals surface area contributed by atoms with Crippen molar-refractivity contribution in [1.29, 1.82) is 0 Å². The van der Waals surface area contributed by atoms with E-state index in [1.807, 2.05) is 37.4 Å². The zero-order chi connectivity index (χ0) is 22.1. The van der Waals surface area contributed by atoms with Gasteiger partial charge in [-0.05, 0) is 18.7 Å². The van der Waals surface area contributed by atoms with Crippen LogP contribution in [-0.4, -0.2) is 30.6 Å². The fraction of sp³-hybridized carbons (Fsp3) is 0.261. The van der Waals surface area contributed by atoms with Crippen LogP contribution in [0.15, 0.2) is 64.2 Å². The molecular formula is C23H24FN5O2. The largest absolute Gasteiger partial charge is 0.332 e. The van der Waals surface area contributed by atoms with Gasteiger partial charge in [0.1, 0.15) is 11.6 Å². The van der Waals surface area contributed by atoms with E-state index in [0.29, 0.717) is 30.1 Å². The Hall–Kier alpha value is -3.52. The van der Waals surface area contributed by atoms with Crippen LogP contribution in [0.5, 0.6) is 0 Å². The van der Waals surface area contributed by atoms with Crippen LogP contribution in [0.3, 0.4) is 0 Å². The van der Waals surface area contributed by atoms with Gasteiger partial charge in [0, 0.05) is 26.2 Å². The third-order valence-electron chi connectivity index (χ3n) is 5.42. The van der Waals surface area contributed by atoms with Gasteiger partial charge in [0.25, 0.3) is 5.56 Å². The minimum atomic E-state index is -0.447. The van der Waals surface area contributed by atoms with Crippen molar-refractivity contribution in [2.24, 2.45) is 14.1 Å². The number of aromatic nitrogens is 4. The molecule has 0 atom stereocenters. The highest BCUT2D eigenvalue weighted by atomic mass is 19.1. The maximum atomic E-state index is 14.4. The van der Waals surface area contributed by atoms with Gasteiger partial charge in [-0.15, -0.1) is 0 Å². The Kier molecular flexibility index (Phi) is 5.56. The molecule has 0 aliphatic rings. The summed E-state index contributed by atoms with van der Waals surface area (Å²) in [6, 6.07) is 16.5. The molecule has 2 heterocycles. The Balaban J connectivity index is 1.82. The topological polar surface area (TPSA) is 65.1 Å². The van der Waals surface area contributed by atoms with Crippen LogP contribution >= 0.6 is 0 Å². The van der Waals surface area contributed by atoms with Gasteiger partial charge in [-0.1, -0.05) is 48.5 Å². The van der Waals surface area contributed by atoms with Crippen LogP contribution < -0.4 is 11.2 Å². The zero-order valence-corrected chi connectivity index (χ0v) is 17.7. The summed E-state index contributed by atoms with van der Waals surface area (Å²) in [5.41, 5.74) is 1.29. The van der Waals surface area contributed by atoms with E-state index in [9.17, 15) is 14.0 Å². The summed E-state index contributed by atoms with van der Waals surface area (Å²) in [5, 5.41) is 0. The lowest BCUT2D eigenvalue weighted by molar-refractivity contribution is 0.306. The van der Waals surface area contributed by atoms with Crippen molar-refractivity contribution < 1.29 is 4.39 Å². The van der Waals surface area contributed by atoms with Gasteiger partial charge in [0.2, 0.25) is 0 Å². The molecule has 2 aromatic carbocycles. The number of nitrogens with zero attached hydrogens (tertiary/aromatic N) is 5. The van der Waals surface area contributed by atoms with Gasteiger partial charge in [-0.25, -0.2) is 14.2 Å². The number of hydrogen-bond acceptors (Lipinski definition) is 4. The molecule has 0 unspecified atom stereocenters. The molecule has 160 valence electrons. The second kappa shape index (κ2) is 8.31. The molecule has 31 heavy (non-hydrogen) atoms. The lowest BCUT2D eigenvalue weighted by Crippen LogP contribution is -2.37. The number of rotatable bonds is 6. The number of benzene rings is 2. The van der Waals surface area contributed by atoms with Gasteiger partial charge in [-0.3, -0.25) is 18.8 Å². The van der Waals surface area contributed by atoms with E-state index >= 15 is 0 Å². The van der Waals surface area contributed by atoms with Crippen LogP contribution in [-0.2, 0) is 33.7 Å². The normalized spacial score (nSPS) is 11.5. The molecule has 0 saturated heterocycles. The Bertz CT molecular complexity index is 1350. The molecule has 0 spiro atoms. The molecule has 0 bridgehead atoms. The number of imidazole rings is 1. The number of halogens is 1. The summed E-state index contributed by atoms with van der Waals surface area (Å²) in [5.74, 6) is 0.240. The molecule has 0 radical (unpaired) electrons. The van der Waals surface area contributed by atoms with E-state index < -0.39 is 11.2 Å². The summed E-state index contributed by atoms with van der Waals surface area (Å²) in [6.07, 6.45) is 0. The van der Waals surface area contributed by atoms with Crippen molar-refractivity contribution in [2.45, 2.75) is 19.6 Å². The van der Waals surface area contributed by atoms with Crippen molar-refractivity contribution in [2.75, 3.05) is 7.05 Å². The predicted octanol–water partition coefficient (Wildman–Crippen LogP) is 2.25.